The molecule has 0 saturated heterocycles. The second-order valence-corrected chi connectivity index (χ2v) is 5.75. The molecule has 4 heteroatoms. The molecular weight excluding hydrogens is 232 g/mol. The van der Waals surface area contributed by atoms with Gasteiger partial charge in [-0.25, -0.2) is 0 Å². The monoisotopic (exact) mass is 254 g/mol. The van der Waals surface area contributed by atoms with Crippen LogP contribution in [0.15, 0.2) is 12.1 Å². The van der Waals surface area contributed by atoms with Crippen LogP contribution in [0.3, 0.4) is 0 Å². The van der Waals surface area contributed by atoms with Crippen LogP contribution in [0.25, 0.3) is 0 Å². The van der Waals surface area contributed by atoms with Crippen LogP contribution in [-0.4, -0.2) is 18.5 Å². The van der Waals surface area contributed by atoms with Gasteiger partial charge in [0.25, 0.3) is 0 Å². The highest BCUT2D eigenvalue weighted by molar-refractivity contribution is 7.12. The van der Waals surface area contributed by atoms with Gasteiger partial charge in [0.2, 0.25) is 5.91 Å². The maximum Gasteiger partial charge on any atom is 0.234 e. The molecule has 96 valence electrons. The molecule has 2 N–H and O–H groups in total. The maximum absolute atomic E-state index is 11.7. The van der Waals surface area contributed by atoms with E-state index in [4.69, 9.17) is 0 Å². The highest BCUT2D eigenvalue weighted by Gasteiger charge is 2.11. The van der Waals surface area contributed by atoms with Gasteiger partial charge in [0.05, 0.1) is 12.6 Å². The Hall–Kier alpha value is -0.870. The van der Waals surface area contributed by atoms with E-state index in [-0.39, 0.29) is 11.9 Å². The topological polar surface area (TPSA) is 41.1 Å². The van der Waals surface area contributed by atoms with Gasteiger partial charge in [-0.1, -0.05) is 6.92 Å². The van der Waals surface area contributed by atoms with Crippen LogP contribution < -0.4 is 10.6 Å². The number of carbonyl (C=O) groups is 1. The number of hydrogen-bond acceptors (Lipinski definition) is 3. The summed E-state index contributed by atoms with van der Waals surface area (Å²) in [6, 6.07) is 4.65. The van der Waals surface area contributed by atoms with Crippen molar-refractivity contribution in [1.29, 1.82) is 0 Å². The average molecular weight is 254 g/mol. The molecule has 0 saturated carbocycles. The number of carbonyl (C=O) groups excluding carboxylic acids is 1. The first-order chi connectivity index (χ1) is 8.02. The van der Waals surface area contributed by atoms with Crippen molar-refractivity contribution in [3.63, 3.8) is 0 Å². The molecule has 1 heterocycles. The molecule has 0 aliphatic heterocycles. The Morgan fingerprint density at radius 2 is 2.12 bits per heavy atom. The van der Waals surface area contributed by atoms with Gasteiger partial charge in [-0.05, 0) is 39.3 Å². The van der Waals surface area contributed by atoms with Crippen molar-refractivity contribution in [2.75, 3.05) is 6.54 Å². The first kappa shape index (κ1) is 14.2. The van der Waals surface area contributed by atoms with Crippen LogP contribution in [0.2, 0.25) is 0 Å². The van der Waals surface area contributed by atoms with E-state index in [1.165, 1.54) is 9.75 Å². The van der Waals surface area contributed by atoms with E-state index in [0.29, 0.717) is 12.6 Å². The molecule has 2 unspecified atom stereocenters. The predicted molar refractivity (Wildman–Crippen MR) is 73.4 cm³/mol. The SMILES string of the molecule is CCC(C)NCC(=O)NC(C)c1ccc(C)s1. The van der Waals surface area contributed by atoms with E-state index in [1.807, 2.05) is 6.92 Å². The predicted octanol–water partition coefficient (Wildman–Crippen LogP) is 2.62. The Balaban J connectivity index is 2.36. The summed E-state index contributed by atoms with van der Waals surface area (Å²) in [5.41, 5.74) is 0. The van der Waals surface area contributed by atoms with Crippen LogP contribution >= 0.6 is 11.3 Å². The first-order valence-corrected chi connectivity index (χ1v) is 6.93. The third kappa shape index (κ3) is 4.88. The Morgan fingerprint density at radius 3 is 2.65 bits per heavy atom. The lowest BCUT2D eigenvalue weighted by molar-refractivity contribution is -0.121. The normalized spacial score (nSPS) is 14.4. The van der Waals surface area contributed by atoms with E-state index < -0.39 is 0 Å². The lowest BCUT2D eigenvalue weighted by atomic mass is 10.2. The van der Waals surface area contributed by atoms with E-state index in [9.17, 15) is 4.79 Å². The molecule has 0 fully saturated rings. The molecule has 0 aromatic carbocycles. The second-order valence-electron chi connectivity index (χ2n) is 4.43. The van der Waals surface area contributed by atoms with Crippen LogP contribution in [0.1, 0.15) is 43.0 Å². The second kappa shape index (κ2) is 6.77. The number of rotatable bonds is 6. The van der Waals surface area contributed by atoms with Crippen molar-refractivity contribution in [3.05, 3.63) is 21.9 Å². The fourth-order valence-corrected chi connectivity index (χ4v) is 2.34. The van der Waals surface area contributed by atoms with E-state index in [2.05, 4.69) is 43.5 Å². The average Bonchev–Trinajstić information content (AvgIpc) is 2.72. The summed E-state index contributed by atoms with van der Waals surface area (Å²) in [6.45, 7) is 8.68. The lowest BCUT2D eigenvalue weighted by Crippen LogP contribution is -2.38. The number of thiophene rings is 1. The summed E-state index contributed by atoms with van der Waals surface area (Å²) in [6.07, 6.45) is 1.03. The van der Waals surface area contributed by atoms with Gasteiger partial charge in [-0.3, -0.25) is 4.79 Å². The molecule has 0 spiro atoms. The summed E-state index contributed by atoms with van der Waals surface area (Å²) in [7, 11) is 0. The van der Waals surface area contributed by atoms with Gasteiger partial charge in [0.15, 0.2) is 0 Å². The smallest absolute Gasteiger partial charge is 0.234 e. The number of aryl methyl sites for hydroxylation is 1. The summed E-state index contributed by atoms with van der Waals surface area (Å²) in [4.78, 5) is 14.2. The third-order valence-electron chi connectivity index (χ3n) is 2.79. The van der Waals surface area contributed by atoms with Crippen molar-refractivity contribution in [2.45, 2.75) is 46.2 Å². The van der Waals surface area contributed by atoms with Gasteiger partial charge in [0, 0.05) is 15.8 Å². The van der Waals surface area contributed by atoms with E-state index >= 15 is 0 Å². The van der Waals surface area contributed by atoms with Gasteiger partial charge < -0.3 is 10.6 Å². The summed E-state index contributed by atoms with van der Waals surface area (Å²) < 4.78 is 0. The minimum atomic E-state index is 0.0591. The standard InChI is InChI=1S/C13H22N2OS/c1-5-9(2)14-8-13(16)15-11(4)12-7-6-10(3)17-12/h6-7,9,11,14H,5,8H2,1-4H3,(H,15,16). The zero-order chi connectivity index (χ0) is 12.8. The Kier molecular flexibility index (Phi) is 5.65. The van der Waals surface area contributed by atoms with Crippen LogP contribution in [0, 0.1) is 6.92 Å². The molecule has 1 aromatic rings. The Morgan fingerprint density at radius 1 is 1.41 bits per heavy atom. The molecule has 0 aliphatic carbocycles. The fraction of sp³-hybridized carbons (Fsp3) is 0.615. The van der Waals surface area contributed by atoms with Gasteiger partial charge in [-0.15, -0.1) is 11.3 Å². The Bertz CT molecular complexity index is 362. The van der Waals surface area contributed by atoms with Gasteiger partial charge in [-0.2, -0.15) is 0 Å². The molecular formula is C13H22N2OS. The molecule has 0 aliphatic rings. The minimum Gasteiger partial charge on any atom is -0.348 e. The van der Waals surface area contributed by atoms with Crippen LogP contribution in [-0.2, 0) is 4.79 Å². The lowest BCUT2D eigenvalue weighted by Gasteiger charge is -2.14. The molecule has 0 bridgehead atoms. The minimum absolute atomic E-state index is 0.0591. The molecule has 1 aromatic heterocycles. The third-order valence-corrected chi connectivity index (χ3v) is 3.97. The van der Waals surface area contributed by atoms with Gasteiger partial charge in [0.1, 0.15) is 0 Å². The zero-order valence-corrected chi connectivity index (χ0v) is 11.9. The molecule has 3 nitrogen and oxygen atoms in total. The number of amides is 1. The van der Waals surface area contributed by atoms with E-state index in [1.54, 1.807) is 11.3 Å². The molecule has 17 heavy (non-hydrogen) atoms. The molecule has 1 amide bonds. The maximum atomic E-state index is 11.7. The van der Waals surface area contributed by atoms with Crippen LogP contribution in [0.5, 0.6) is 0 Å². The van der Waals surface area contributed by atoms with Crippen molar-refractivity contribution in [2.24, 2.45) is 0 Å². The summed E-state index contributed by atoms with van der Waals surface area (Å²) >= 11 is 1.73. The first-order valence-electron chi connectivity index (χ1n) is 6.12. The molecule has 2 atom stereocenters. The van der Waals surface area contributed by atoms with Crippen molar-refractivity contribution in [3.8, 4) is 0 Å². The quantitative estimate of drug-likeness (QED) is 0.819. The largest absolute Gasteiger partial charge is 0.348 e. The number of hydrogen-bond donors (Lipinski definition) is 2. The van der Waals surface area contributed by atoms with Crippen molar-refractivity contribution >= 4 is 17.2 Å². The molecule has 1 rings (SSSR count). The Labute approximate surface area is 108 Å². The fourth-order valence-electron chi connectivity index (χ4n) is 1.46. The number of nitrogens with one attached hydrogen (secondary N) is 2. The highest BCUT2D eigenvalue weighted by atomic mass is 32.1. The van der Waals surface area contributed by atoms with Gasteiger partial charge >= 0.3 is 0 Å². The summed E-state index contributed by atoms with van der Waals surface area (Å²) in [5.74, 6) is 0.0591. The highest BCUT2D eigenvalue weighted by Crippen LogP contribution is 2.21. The van der Waals surface area contributed by atoms with Crippen LogP contribution in [0.4, 0.5) is 0 Å². The zero-order valence-electron chi connectivity index (χ0n) is 11.0. The van der Waals surface area contributed by atoms with E-state index in [0.717, 1.165) is 6.42 Å². The summed E-state index contributed by atoms with van der Waals surface area (Å²) in [5, 5.41) is 6.18. The van der Waals surface area contributed by atoms with Crippen molar-refractivity contribution < 1.29 is 4.79 Å². The van der Waals surface area contributed by atoms with Crippen molar-refractivity contribution in [1.82, 2.24) is 10.6 Å². The molecule has 0 radical (unpaired) electrons.